The summed E-state index contributed by atoms with van der Waals surface area (Å²) in [5.41, 5.74) is 5.41. The molecule has 2 aromatic heterocycles. The number of oxazole rings is 1. The van der Waals surface area contributed by atoms with Gasteiger partial charge >= 0.3 is 0 Å². The first-order chi connectivity index (χ1) is 11.3. The highest BCUT2D eigenvalue weighted by Gasteiger charge is 2.20. The standard InChI is InChI=1S/C19H17N3O/c1-21-10-7-15-11-13(3-5-17(15)21)14-4-6-18-16(12-14)20-19(23-18)22-8-2-9-22/h3-7,10-12H,2,8-9H2,1H3. The van der Waals surface area contributed by atoms with Crippen LogP contribution in [0, 0.1) is 0 Å². The summed E-state index contributed by atoms with van der Waals surface area (Å²) in [6.07, 6.45) is 3.32. The summed E-state index contributed by atoms with van der Waals surface area (Å²) in [4.78, 5) is 6.82. The van der Waals surface area contributed by atoms with Crippen LogP contribution in [0.4, 0.5) is 6.01 Å². The Morgan fingerprint density at radius 2 is 1.83 bits per heavy atom. The number of hydrogen-bond acceptors (Lipinski definition) is 3. The van der Waals surface area contributed by atoms with E-state index in [2.05, 4.69) is 64.1 Å². The first-order valence-electron chi connectivity index (χ1n) is 7.99. The highest BCUT2D eigenvalue weighted by atomic mass is 16.4. The van der Waals surface area contributed by atoms with Crippen LogP contribution in [0.1, 0.15) is 6.42 Å². The number of aromatic nitrogens is 2. The summed E-state index contributed by atoms with van der Waals surface area (Å²) in [6.45, 7) is 2.09. The van der Waals surface area contributed by atoms with Gasteiger partial charge in [0, 0.05) is 37.2 Å². The van der Waals surface area contributed by atoms with Crippen LogP contribution in [-0.2, 0) is 7.05 Å². The molecule has 2 aromatic carbocycles. The highest BCUT2D eigenvalue weighted by molar-refractivity contribution is 5.88. The molecule has 1 aliphatic rings. The lowest BCUT2D eigenvalue weighted by atomic mass is 10.0. The van der Waals surface area contributed by atoms with Crippen LogP contribution in [0.25, 0.3) is 33.1 Å². The quantitative estimate of drug-likeness (QED) is 0.556. The zero-order valence-corrected chi connectivity index (χ0v) is 13.0. The van der Waals surface area contributed by atoms with E-state index in [1.807, 2.05) is 6.07 Å². The van der Waals surface area contributed by atoms with E-state index in [-0.39, 0.29) is 0 Å². The first kappa shape index (κ1) is 12.8. The van der Waals surface area contributed by atoms with Crippen molar-refractivity contribution in [1.29, 1.82) is 0 Å². The van der Waals surface area contributed by atoms with Crippen molar-refractivity contribution in [2.24, 2.45) is 7.05 Å². The van der Waals surface area contributed by atoms with E-state index in [4.69, 9.17) is 4.42 Å². The number of fused-ring (bicyclic) bond motifs is 2. The molecule has 4 nitrogen and oxygen atoms in total. The van der Waals surface area contributed by atoms with Gasteiger partial charge < -0.3 is 13.9 Å². The Balaban J connectivity index is 1.60. The van der Waals surface area contributed by atoms with E-state index in [0.717, 1.165) is 30.2 Å². The predicted molar refractivity (Wildman–Crippen MR) is 92.8 cm³/mol. The summed E-state index contributed by atoms with van der Waals surface area (Å²) in [6, 6.07) is 15.7. The molecule has 4 heteroatoms. The maximum absolute atomic E-state index is 5.85. The smallest absolute Gasteiger partial charge is 0.298 e. The van der Waals surface area contributed by atoms with Gasteiger partial charge in [-0.15, -0.1) is 0 Å². The summed E-state index contributed by atoms with van der Waals surface area (Å²) in [7, 11) is 2.07. The number of benzene rings is 2. The molecule has 0 saturated carbocycles. The molecule has 4 aromatic rings. The summed E-state index contributed by atoms with van der Waals surface area (Å²) >= 11 is 0. The lowest BCUT2D eigenvalue weighted by Crippen LogP contribution is -2.37. The highest BCUT2D eigenvalue weighted by Crippen LogP contribution is 2.30. The number of hydrogen-bond donors (Lipinski definition) is 0. The normalized spacial score (nSPS) is 14.6. The van der Waals surface area contributed by atoms with Crippen LogP contribution >= 0.6 is 0 Å². The van der Waals surface area contributed by atoms with Crippen molar-refractivity contribution in [3.05, 3.63) is 48.7 Å². The minimum absolute atomic E-state index is 0.752. The molecule has 0 atom stereocenters. The third kappa shape index (κ3) is 1.95. The van der Waals surface area contributed by atoms with Crippen molar-refractivity contribution in [1.82, 2.24) is 9.55 Å². The van der Waals surface area contributed by atoms with Gasteiger partial charge in [-0.2, -0.15) is 4.98 Å². The molecular weight excluding hydrogens is 286 g/mol. The molecule has 0 N–H and O–H groups in total. The van der Waals surface area contributed by atoms with Crippen LogP contribution in [-0.4, -0.2) is 22.6 Å². The molecule has 1 saturated heterocycles. The molecule has 0 unspecified atom stereocenters. The maximum Gasteiger partial charge on any atom is 0.298 e. The van der Waals surface area contributed by atoms with Gasteiger partial charge in [-0.3, -0.25) is 0 Å². The lowest BCUT2D eigenvalue weighted by Gasteiger charge is -2.28. The number of anilines is 1. The molecule has 5 rings (SSSR count). The van der Waals surface area contributed by atoms with E-state index < -0.39 is 0 Å². The van der Waals surface area contributed by atoms with Gasteiger partial charge in [0.05, 0.1) is 0 Å². The molecule has 3 heterocycles. The SMILES string of the molecule is Cn1ccc2cc(-c3ccc4oc(N5CCC5)nc4c3)ccc21. The number of nitrogens with zero attached hydrogens (tertiary/aromatic N) is 3. The predicted octanol–water partition coefficient (Wildman–Crippen LogP) is 4.20. The Morgan fingerprint density at radius 1 is 1.00 bits per heavy atom. The topological polar surface area (TPSA) is 34.2 Å². The molecule has 114 valence electrons. The molecule has 1 aliphatic heterocycles. The average Bonchev–Trinajstić information content (AvgIpc) is 3.08. The van der Waals surface area contributed by atoms with Crippen molar-refractivity contribution in [3.63, 3.8) is 0 Å². The Bertz CT molecular complexity index is 1020. The molecule has 0 spiro atoms. The van der Waals surface area contributed by atoms with Gasteiger partial charge in [0.2, 0.25) is 0 Å². The monoisotopic (exact) mass is 303 g/mol. The minimum atomic E-state index is 0.752. The van der Waals surface area contributed by atoms with Crippen LogP contribution in [0.2, 0.25) is 0 Å². The Kier molecular flexibility index (Phi) is 2.56. The number of aryl methyl sites for hydroxylation is 1. The van der Waals surface area contributed by atoms with Crippen molar-refractivity contribution >= 4 is 28.0 Å². The van der Waals surface area contributed by atoms with Crippen molar-refractivity contribution in [2.75, 3.05) is 18.0 Å². The summed E-state index contributed by atoms with van der Waals surface area (Å²) in [5, 5.41) is 1.26. The molecule has 0 aliphatic carbocycles. The van der Waals surface area contributed by atoms with Gasteiger partial charge in [0.15, 0.2) is 5.58 Å². The molecule has 0 amide bonds. The van der Waals surface area contributed by atoms with Gasteiger partial charge in [-0.05, 0) is 47.9 Å². The van der Waals surface area contributed by atoms with Gasteiger partial charge in [0.1, 0.15) is 5.52 Å². The molecule has 0 bridgehead atoms. The summed E-state index contributed by atoms with van der Waals surface area (Å²) < 4.78 is 7.99. The fourth-order valence-corrected chi connectivity index (χ4v) is 3.20. The van der Waals surface area contributed by atoms with Gasteiger partial charge in [-0.25, -0.2) is 0 Å². The third-order valence-corrected chi connectivity index (χ3v) is 4.72. The van der Waals surface area contributed by atoms with Crippen molar-refractivity contribution < 1.29 is 4.42 Å². The van der Waals surface area contributed by atoms with Crippen LogP contribution in [0.15, 0.2) is 53.1 Å². The number of rotatable bonds is 2. The first-order valence-corrected chi connectivity index (χ1v) is 7.99. The molecule has 0 radical (unpaired) electrons. The fraction of sp³-hybridized carbons (Fsp3) is 0.211. The van der Waals surface area contributed by atoms with E-state index in [9.17, 15) is 0 Å². The van der Waals surface area contributed by atoms with Crippen LogP contribution in [0.5, 0.6) is 0 Å². The summed E-state index contributed by atoms with van der Waals surface area (Å²) in [5.74, 6) is 0. The Morgan fingerprint density at radius 3 is 2.65 bits per heavy atom. The zero-order chi connectivity index (χ0) is 15.4. The van der Waals surface area contributed by atoms with Crippen molar-refractivity contribution in [2.45, 2.75) is 6.42 Å². The third-order valence-electron chi connectivity index (χ3n) is 4.72. The van der Waals surface area contributed by atoms with Crippen molar-refractivity contribution in [3.8, 4) is 11.1 Å². The minimum Gasteiger partial charge on any atom is -0.423 e. The van der Waals surface area contributed by atoms with Gasteiger partial charge in [0.25, 0.3) is 6.01 Å². The van der Waals surface area contributed by atoms with Crippen LogP contribution in [0.3, 0.4) is 0 Å². The molecular formula is C19H17N3O. The van der Waals surface area contributed by atoms with E-state index in [1.165, 1.54) is 28.5 Å². The van der Waals surface area contributed by atoms with E-state index >= 15 is 0 Å². The molecule has 1 fully saturated rings. The second-order valence-corrected chi connectivity index (χ2v) is 6.22. The largest absolute Gasteiger partial charge is 0.423 e. The maximum atomic E-state index is 5.85. The van der Waals surface area contributed by atoms with Gasteiger partial charge in [-0.1, -0.05) is 12.1 Å². The van der Waals surface area contributed by atoms with E-state index in [1.54, 1.807) is 0 Å². The lowest BCUT2D eigenvalue weighted by molar-refractivity contribution is 0.510. The Labute approximate surface area is 133 Å². The zero-order valence-electron chi connectivity index (χ0n) is 13.0. The Hall–Kier alpha value is -2.75. The van der Waals surface area contributed by atoms with Crippen LogP contribution < -0.4 is 4.90 Å². The second-order valence-electron chi connectivity index (χ2n) is 6.22. The molecule has 23 heavy (non-hydrogen) atoms. The fourth-order valence-electron chi connectivity index (χ4n) is 3.20. The van der Waals surface area contributed by atoms with E-state index in [0.29, 0.717) is 0 Å². The second kappa shape index (κ2) is 4.62. The average molecular weight is 303 g/mol.